The summed E-state index contributed by atoms with van der Waals surface area (Å²) in [5, 5.41) is 9.81. The van der Waals surface area contributed by atoms with E-state index in [1.165, 1.54) is 48.7 Å². The molecule has 0 spiro atoms. The molecule has 3 heteroatoms. The average molecular weight is 586 g/mol. The zero-order valence-corrected chi connectivity index (χ0v) is 24.9. The third-order valence-electron chi connectivity index (χ3n) is 8.91. The first-order valence-corrected chi connectivity index (χ1v) is 15.5. The van der Waals surface area contributed by atoms with E-state index in [2.05, 4.69) is 133 Å². The molecular formula is C43H27N3. The fourth-order valence-corrected chi connectivity index (χ4v) is 6.58. The van der Waals surface area contributed by atoms with Gasteiger partial charge in [0.2, 0.25) is 0 Å². The number of nitrogens with zero attached hydrogens (tertiary/aromatic N) is 3. The molecule has 1 heterocycles. The lowest BCUT2D eigenvalue weighted by atomic mass is 9.96. The summed E-state index contributed by atoms with van der Waals surface area (Å²) in [6, 6.07) is 57.6. The Labute approximate surface area is 266 Å². The largest absolute Gasteiger partial charge is 0.208 e. The molecular weight excluding hydrogens is 558 g/mol. The van der Waals surface area contributed by atoms with Crippen LogP contribution in [0.2, 0.25) is 0 Å². The van der Waals surface area contributed by atoms with Gasteiger partial charge in [-0.05, 0) is 60.3 Å². The van der Waals surface area contributed by atoms with Gasteiger partial charge in [0, 0.05) is 16.7 Å². The van der Waals surface area contributed by atoms with Crippen LogP contribution in [0.4, 0.5) is 0 Å². The van der Waals surface area contributed by atoms with Crippen molar-refractivity contribution in [1.82, 2.24) is 15.0 Å². The molecule has 9 aromatic rings. The highest BCUT2D eigenvalue weighted by Crippen LogP contribution is 2.35. The summed E-state index contributed by atoms with van der Waals surface area (Å²) in [7, 11) is 0. The van der Waals surface area contributed by atoms with Gasteiger partial charge < -0.3 is 0 Å². The first-order valence-electron chi connectivity index (χ1n) is 15.5. The Morgan fingerprint density at radius 3 is 1.48 bits per heavy atom. The average Bonchev–Trinajstić information content (AvgIpc) is 3.14. The Bertz CT molecular complexity index is 2570. The summed E-state index contributed by atoms with van der Waals surface area (Å²) in [6.45, 7) is 0. The Balaban J connectivity index is 1.19. The van der Waals surface area contributed by atoms with Crippen molar-refractivity contribution in [2.45, 2.75) is 0 Å². The molecule has 214 valence electrons. The zero-order valence-electron chi connectivity index (χ0n) is 24.9. The first kappa shape index (κ1) is 26.2. The molecule has 0 radical (unpaired) electrons. The van der Waals surface area contributed by atoms with Crippen LogP contribution < -0.4 is 0 Å². The van der Waals surface area contributed by atoms with Gasteiger partial charge >= 0.3 is 0 Å². The van der Waals surface area contributed by atoms with E-state index < -0.39 is 0 Å². The van der Waals surface area contributed by atoms with Crippen molar-refractivity contribution >= 4 is 43.1 Å². The summed E-state index contributed by atoms with van der Waals surface area (Å²) < 4.78 is 0. The van der Waals surface area contributed by atoms with Crippen LogP contribution in [0, 0.1) is 0 Å². The molecule has 0 aliphatic carbocycles. The topological polar surface area (TPSA) is 38.7 Å². The van der Waals surface area contributed by atoms with E-state index >= 15 is 0 Å². The van der Waals surface area contributed by atoms with Crippen molar-refractivity contribution in [3.05, 3.63) is 164 Å². The van der Waals surface area contributed by atoms with E-state index in [0.717, 1.165) is 22.3 Å². The Kier molecular flexibility index (Phi) is 6.14. The van der Waals surface area contributed by atoms with Crippen LogP contribution in [-0.2, 0) is 0 Å². The second-order valence-electron chi connectivity index (χ2n) is 11.7. The van der Waals surface area contributed by atoms with Gasteiger partial charge in [-0.2, -0.15) is 0 Å². The van der Waals surface area contributed by atoms with Crippen molar-refractivity contribution in [3.63, 3.8) is 0 Å². The summed E-state index contributed by atoms with van der Waals surface area (Å²) in [5.74, 6) is 1.96. The number of hydrogen-bond donors (Lipinski definition) is 0. The predicted molar refractivity (Wildman–Crippen MR) is 192 cm³/mol. The molecule has 3 nitrogen and oxygen atoms in total. The van der Waals surface area contributed by atoms with Gasteiger partial charge in [0.25, 0.3) is 0 Å². The fourth-order valence-electron chi connectivity index (χ4n) is 6.58. The molecule has 0 N–H and O–H groups in total. The maximum atomic E-state index is 5.07. The van der Waals surface area contributed by atoms with Gasteiger partial charge in [0.1, 0.15) is 0 Å². The van der Waals surface area contributed by atoms with E-state index in [1.54, 1.807) is 0 Å². The van der Waals surface area contributed by atoms with E-state index in [4.69, 9.17) is 15.0 Å². The molecule has 0 bridgehead atoms. The second-order valence-corrected chi connectivity index (χ2v) is 11.7. The molecule has 0 fully saturated rings. The minimum atomic E-state index is 0.650. The normalized spacial score (nSPS) is 11.5. The van der Waals surface area contributed by atoms with E-state index in [0.29, 0.717) is 17.5 Å². The molecule has 0 unspecified atom stereocenters. The third-order valence-corrected chi connectivity index (χ3v) is 8.91. The highest BCUT2D eigenvalue weighted by atomic mass is 15.0. The standard InChI is InChI=1S/C43H27N3/c1-2-11-32(12-3-1)41-44-42(33-20-17-30(18-21-33)36-16-8-13-28-9-4-6-14-35(28)36)46-43(45-41)34-22-19-31-24-25-38-37-15-7-5-10-29(37)23-26-39(38)40(31)27-34/h1-27H. The highest BCUT2D eigenvalue weighted by Gasteiger charge is 2.14. The molecule has 0 saturated heterocycles. The molecule has 1 aromatic heterocycles. The summed E-state index contributed by atoms with van der Waals surface area (Å²) in [4.78, 5) is 15.1. The summed E-state index contributed by atoms with van der Waals surface area (Å²) in [6.07, 6.45) is 0. The number of rotatable bonds is 4. The van der Waals surface area contributed by atoms with Gasteiger partial charge in [-0.3, -0.25) is 0 Å². The van der Waals surface area contributed by atoms with Crippen molar-refractivity contribution in [3.8, 4) is 45.3 Å². The molecule has 0 aliphatic heterocycles. The Hall–Kier alpha value is -6.19. The Morgan fingerprint density at radius 1 is 0.261 bits per heavy atom. The lowest BCUT2D eigenvalue weighted by molar-refractivity contribution is 1.07. The predicted octanol–water partition coefficient (Wildman–Crippen LogP) is 11.2. The smallest absolute Gasteiger partial charge is 0.164 e. The molecule has 46 heavy (non-hydrogen) atoms. The maximum absolute atomic E-state index is 5.07. The maximum Gasteiger partial charge on any atom is 0.164 e. The van der Waals surface area contributed by atoms with Crippen LogP contribution in [0.1, 0.15) is 0 Å². The van der Waals surface area contributed by atoms with Crippen molar-refractivity contribution < 1.29 is 0 Å². The number of benzene rings is 8. The van der Waals surface area contributed by atoms with Crippen molar-refractivity contribution in [2.75, 3.05) is 0 Å². The Morgan fingerprint density at radius 2 is 0.739 bits per heavy atom. The van der Waals surface area contributed by atoms with E-state index in [-0.39, 0.29) is 0 Å². The van der Waals surface area contributed by atoms with Crippen molar-refractivity contribution in [1.29, 1.82) is 0 Å². The zero-order chi connectivity index (χ0) is 30.5. The lowest BCUT2D eigenvalue weighted by Crippen LogP contribution is -2.00. The van der Waals surface area contributed by atoms with Crippen LogP contribution in [0.25, 0.3) is 88.4 Å². The molecule has 8 aromatic carbocycles. The van der Waals surface area contributed by atoms with Crippen LogP contribution in [0.15, 0.2) is 164 Å². The first-order chi connectivity index (χ1) is 22.8. The third kappa shape index (κ3) is 4.49. The minimum Gasteiger partial charge on any atom is -0.208 e. The van der Waals surface area contributed by atoms with Gasteiger partial charge in [0.05, 0.1) is 0 Å². The van der Waals surface area contributed by atoms with Crippen LogP contribution in [0.5, 0.6) is 0 Å². The second kappa shape index (κ2) is 10.8. The van der Waals surface area contributed by atoms with Gasteiger partial charge in [0.15, 0.2) is 17.5 Å². The molecule has 9 rings (SSSR count). The summed E-state index contributed by atoms with van der Waals surface area (Å²) in [5.41, 5.74) is 5.23. The quantitative estimate of drug-likeness (QED) is 0.193. The van der Waals surface area contributed by atoms with Gasteiger partial charge in [-0.1, -0.05) is 158 Å². The van der Waals surface area contributed by atoms with Crippen LogP contribution in [-0.4, -0.2) is 15.0 Å². The lowest BCUT2D eigenvalue weighted by Gasteiger charge is -2.11. The van der Waals surface area contributed by atoms with E-state index in [1.807, 2.05) is 30.3 Å². The number of hydrogen-bond acceptors (Lipinski definition) is 3. The molecule has 0 saturated carbocycles. The fraction of sp³-hybridized carbons (Fsp3) is 0. The number of aromatic nitrogens is 3. The molecule has 0 atom stereocenters. The van der Waals surface area contributed by atoms with Gasteiger partial charge in [-0.25, -0.2) is 15.0 Å². The summed E-state index contributed by atoms with van der Waals surface area (Å²) >= 11 is 0. The van der Waals surface area contributed by atoms with Gasteiger partial charge in [-0.15, -0.1) is 0 Å². The van der Waals surface area contributed by atoms with E-state index in [9.17, 15) is 0 Å². The minimum absolute atomic E-state index is 0.650. The monoisotopic (exact) mass is 585 g/mol. The van der Waals surface area contributed by atoms with Crippen LogP contribution >= 0.6 is 0 Å². The highest BCUT2D eigenvalue weighted by molar-refractivity contribution is 6.17. The SMILES string of the molecule is c1ccc(-c2nc(-c3ccc(-c4cccc5ccccc45)cc3)nc(-c3ccc4ccc5c6ccccc6ccc5c4c3)n2)cc1. The molecule has 0 amide bonds. The molecule has 0 aliphatic rings. The number of fused-ring (bicyclic) bond motifs is 6. The van der Waals surface area contributed by atoms with Crippen LogP contribution in [0.3, 0.4) is 0 Å². The van der Waals surface area contributed by atoms with Crippen molar-refractivity contribution in [2.24, 2.45) is 0 Å².